The van der Waals surface area contributed by atoms with Crippen LogP contribution in [0.25, 0.3) is 5.70 Å². The summed E-state index contributed by atoms with van der Waals surface area (Å²) >= 11 is 0. The lowest BCUT2D eigenvalue weighted by atomic mass is 10.0. The van der Waals surface area contributed by atoms with Gasteiger partial charge in [-0.05, 0) is 38.3 Å². The zero-order valence-corrected chi connectivity index (χ0v) is 17.6. The second-order valence-electron chi connectivity index (χ2n) is 6.87. The van der Waals surface area contributed by atoms with E-state index in [2.05, 4.69) is 15.6 Å². The van der Waals surface area contributed by atoms with Crippen LogP contribution in [-0.2, 0) is 9.59 Å². The standard InChI is InChI=1S/C21H28N6O3/c1-5-13(22)17-11(2)6-9-14(19(17)30-4)26-15(18(24)21(29)25-3)10-16(23)27-20(28)12-7-8-12/h5-6,9-10,12,24,26H,7-8,22H2,1-4H3,(H,25,29)(H2,23,27,28)/b13-5-,15-10+,24-18?. The van der Waals surface area contributed by atoms with Crippen molar-refractivity contribution in [3.63, 3.8) is 0 Å². The van der Waals surface area contributed by atoms with Crippen molar-refractivity contribution in [1.82, 2.24) is 5.32 Å². The molecule has 7 N–H and O–H groups in total. The van der Waals surface area contributed by atoms with Gasteiger partial charge in [0.15, 0.2) is 5.75 Å². The van der Waals surface area contributed by atoms with E-state index in [0.717, 1.165) is 18.4 Å². The molecule has 0 heterocycles. The lowest BCUT2D eigenvalue weighted by molar-refractivity contribution is -0.119. The molecule has 0 aromatic heterocycles. The van der Waals surface area contributed by atoms with Crippen LogP contribution < -0.4 is 26.8 Å². The Morgan fingerprint density at radius 3 is 2.50 bits per heavy atom. The first-order valence-electron chi connectivity index (χ1n) is 9.50. The average Bonchev–Trinajstić information content (AvgIpc) is 3.57. The number of benzene rings is 1. The minimum Gasteiger partial charge on any atom is -0.494 e. The molecule has 1 fully saturated rings. The number of carbonyl (C=O) groups is 2. The van der Waals surface area contributed by atoms with Gasteiger partial charge >= 0.3 is 0 Å². The Morgan fingerprint density at radius 1 is 1.30 bits per heavy atom. The van der Waals surface area contributed by atoms with Crippen molar-refractivity contribution in [2.45, 2.75) is 26.7 Å². The Labute approximate surface area is 175 Å². The van der Waals surface area contributed by atoms with Crippen LogP contribution in [0.3, 0.4) is 0 Å². The number of nitrogens with zero attached hydrogens (tertiary/aromatic N) is 1. The molecule has 2 amide bonds. The number of hydrogen-bond donors (Lipinski definition) is 5. The number of carbonyl (C=O) groups excluding carboxylic acids is 2. The second-order valence-corrected chi connectivity index (χ2v) is 6.87. The van der Waals surface area contributed by atoms with Crippen molar-refractivity contribution in [2.24, 2.45) is 22.4 Å². The van der Waals surface area contributed by atoms with Crippen LogP contribution in [0.2, 0.25) is 0 Å². The van der Waals surface area contributed by atoms with Crippen LogP contribution in [0.4, 0.5) is 5.69 Å². The smallest absolute Gasteiger partial charge is 0.271 e. The van der Waals surface area contributed by atoms with Gasteiger partial charge in [-0.3, -0.25) is 15.0 Å². The average molecular weight is 412 g/mol. The lowest BCUT2D eigenvalue weighted by Crippen LogP contribution is -2.31. The first-order chi connectivity index (χ1) is 14.2. The molecule has 0 atom stereocenters. The van der Waals surface area contributed by atoms with Gasteiger partial charge in [-0.1, -0.05) is 12.1 Å². The maximum atomic E-state index is 12.1. The number of amides is 2. The van der Waals surface area contributed by atoms with Gasteiger partial charge < -0.3 is 26.8 Å². The summed E-state index contributed by atoms with van der Waals surface area (Å²) in [6.07, 6.45) is 4.64. The number of nitrogens with two attached hydrogens (primary N) is 2. The molecule has 30 heavy (non-hydrogen) atoms. The van der Waals surface area contributed by atoms with Gasteiger partial charge in [0.05, 0.1) is 18.5 Å². The molecule has 1 aromatic carbocycles. The van der Waals surface area contributed by atoms with Gasteiger partial charge in [-0.2, -0.15) is 4.99 Å². The number of amidine groups is 1. The molecule has 2 rings (SSSR count). The van der Waals surface area contributed by atoms with Crippen LogP contribution in [-0.4, -0.2) is 37.5 Å². The molecular formula is C21H28N6O3. The Morgan fingerprint density at radius 2 is 1.97 bits per heavy atom. The summed E-state index contributed by atoms with van der Waals surface area (Å²) < 4.78 is 5.56. The third-order valence-corrected chi connectivity index (χ3v) is 4.62. The number of allylic oxidation sites excluding steroid dienone is 1. The summed E-state index contributed by atoms with van der Waals surface area (Å²) in [6, 6.07) is 3.58. The fourth-order valence-electron chi connectivity index (χ4n) is 2.79. The minimum absolute atomic E-state index is 0.0614. The van der Waals surface area contributed by atoms with E-state index in [4.69, 9.17) is 21.6 Å². The normalized spacial score (nSPS) is 14.9. The Bertz CT molecular complexity index is 958. The number of rotatable bonds is 8. The van der Waals surface area contributed by atoms with E-state index < -0.39 is 5.91 Å². The molecule has 1 saturated carbocycles. The van der Waals surface area contributed by atoms with Crippen molar-refractivity contribution < 1.29 is 14.3 Å². The van der Waals surface area contributed by atoms with Crippen LogP contribution in [0, 0.1) is 18.3 Å². The van der Waals surface area contributed by atoms with E-state index in [1.807, 2.05) is 19.9 Å². The quantitative estimate of drug-likeness (QED) is 0.323. The number of ether oxygens (including phenoxy) is 1. The van der Waals surface area contributed by atoms with Crippen molar-refractivity contribution in [1.29, 1.82) is 5.41 Å². The number of hydrogen-bond acceptors (Lipinski definition) is 6. The predicted octanol–water partition coefficient (Wildman–Crippen LogP) is 1.68. The highest BCUT2D eigenvalue weighted by Crippen LogP contribution is 2.35. The highest BCUT2D eigenvalue weighted by Gasteiger charge is 2.29. The molecule has 0 aliphatic heterocycles. The van der Waals surface area contributed by atoms with E-state index >= 15 is 0 Å². The van der Waals surface area contributed by atoms with Crippen molar-refractivity contribution >= 4 is 34.7 Å². The van der Waals surface area contributed by atoms with E-state index in [1.165, 1.54) is 20.2 Å². The van der Waals surface area contributed by atoms with E-state index in [9.17, 15) is 9.59 Å². The van der Waals surface area contributed by atoms with Crippen LogP contribution in [0.5, 0.6) is 5.75 Å². The van der Waals surface area contributed by atoms with E-state index in [-0.39, 0.29) is 29.1 Å². The summed E-state index contributed by atoms with van der Waals surface area (Å²) in [5, 5.41) is 13.6. The number of aryl methyl sites for hydroxylation is 1. The number of anilines is 1. The van der Waals surface area contributed by atoms with Crippen LogP contribution in [0.1, 0.15) is 30.9 Å². The fourth-order valence-corrected chi connectivity index (χ4v) is 2.79. The molecule has 0 unspecified atom stereocenters. The van der Waals surface area contributed by atoms with Crippen LogP contribution in [0.15, 0.2) is 35.0 Å². The molecule has 1 aromatic rings. The summed E-state index contributed by atoms with van der Waals surface area (Å²) in [7, 11) is 2.92. The fraction of sp³-hybridized carbons (Fsp3) is 0.333. The Hall–Kier alpha value is -3.62. The molecular weight excluding hydrogens is 384 g/mol. The Kier molecular flexibility index (Phi) is 7.35. The molecule has 1 aliphatic carbocycles. The zero-order valence-electron chi connectivity index (χ0n) is 17.6. The third kappa shape index (κ3) is 5.25. The van der Waals surface area contributed by atoms with Gasteiger partial charge in [-0.15, -0.1) is 0 Å². The van der Waals surface area contributed by atoms with Gasteiger partial charge in [0.25, 0.3) is 11.8 Å². The first kappa shape index (κ1) is 22.7. The monoisotopic (exact) mass is 412 g/mol. The molecule has 9 heteroatoms. The van der Waals surface area contributed by atoms with Crippen molar-refractivity contribution in [3.8, 4) is 5.75 Å². The highest BCUT2D eigenvalue weighted by atomic mass is 16.5. The van der Waals surface area contributed by atoms with E-state index in [0.29, 0.717) is 22.7 Å². The maximum absolute atomic E-state index is 12.1. The van der Waals surface area contributed by atoms with Crippen molar-refractivity contribution in [3.05, 3.63) is 41.1 Å². The zero-order chi connectivity index (χ0) is 22.4. The number of nitrogens with one attached hydrogen (secondary N) is 3. The van der Waals surface area contributed by atoms with Gasteiger partial charge in [0.2, 0.25) is 0 Å². The molecule has 9 nitrogen and oxygen atoms in total. The molecule has 0 bridgehead atoms. The maximum Gasteiger partial charge on any atom is 0.271 e. The predicted molar refractivity (Wildman–Crippen MR) is 118 cm³/mol. The highest BCUT2D eigenvalue weighted by molar-refractivity contribution is 6.45. The third-order valence-electron chi connectivity index (χ3n) is 4.62. The second kappa shape index (κ2) is 9.73. The van der Waals surface area contributed by atoms with Gasteiger partial charge in [0, 0.05) is 30.3 Å². The van der Waals surface area contributed by atoms with E-state index in [1.54, 1.807) is 12.1 Å². The molecule has 1 aliphatic rings. The molecule has 160 valence electrons. The number of aliphatic imine (C=N–C) groups is 1. The van der Waals surface area contributed by atoms with Gasteiger partial charge in [-0.25, -0.2) is 0 Å². The summed E-state index contributed by atoms with van der Waals surface area (Å²) in [4.78, 5) is 27.8. The SMILES string of the molecule is C/C=C(\N)c1c(C)ccc(N/C(=C/C(N)=NC(=O)C2CC2)C(=N)C(=O)NC)c1OC. The van der Waals surface area contributed by atoms with Gasteiger partial charge in [0.1, 0.15) is 11.5 Å². The lowest BCUT2D eigenvalue weighted by Gasteiger charge is -2.19. The largest absolute Gasteiger partial charge is 0.494 e. The van der Waals surface area contributed by atoms with Crippen LogP contribution >= 0.6 is 0 Å². The number of methoxy groups -OCH3 is 1. The van der Waals surface area contributed by atoms with Crippen molar-refractivity contribution in [2.75, 3.05) is 19.5 Å². The molecule has 0 spiro atoms. The summed E-state index contributed by atoms with van der Waals surface area (Å²) in [5.41, 5.74) is 14.3. The minimum atomic E-state index is -0.630. The summed E-state index contributed by atoms with van der Waals surface area (Å²) in [5.74, 6) is -0.664. The molecule has 0 radical (unpaired) electrons. The topological polar surface area (TPSA) is 156 Å². The molecule has 0 saturated heterocycles. The Balaban J connectivity index is 2.51. The summed E-state index contributed by atoms with van der Waals surface area (Å²) in [6.45, 7) is 3.71. The first-order valence-corrected chi connectivity index (χ1v) is 9.50.